The van der Waals surface area contributed by atoms with Gasteiger partial charge in [0.25, 0.3) is 0 Å². The smallest absolute Gasteiger partial charge is 0.124 e. The molecule has 1 aromatic carbocycles. The molecule has 2 nitrogen and oxygen atoms in total. The van der Waals surface area contributed by atoms with Crippen molar-refractivity contribution in [2.45, 2.75) is 64.5 Å². The van der Waals surface area contributed by atoms with Gasteiger partial charge in [-0.15, -0.1) is 0 Å². The van der Waals surface area contributed by atoms with E-state index in [4.69, 9.17) is 10.5 Å². The fraction of sp³-hybridized carbons (Fsp3) is 0.667. The maximum Gasteiger partial charge on any atom is 0.124 e. The quantitative estimate of drug-likeness (QED) is 0.825. The first-order valence-corrected chi connectivity index (χ1v) is 8.04. The lowest BCUT2D eigenvalue weighted by molar-refractivity contribution is -0.0249. The first-order valence-electron chi connectivity index (χ1n) is 8.04. The highest BCUT2D eigenvalue weighted by Gasteiger charge is 2.43. The molecule has 2 heteroatoms. The zero-order valence-electron chi connectivity index (χ0n) is 13.0. The van der Waals surface area contributed by atoms with Crippen molar-refractivity contribution in [3.8, 4) is 5.75 Å². The minimum atomic E-state index is -0.00510. The summed E-state index contributed by atoms with van der Waals surface area (Å²) in [7, 11) is 0. The molecule has 1 fully saturated rings. The van der Waals surface area contributed by atoms with Crippen LogP contribution in [-0.2, 0) is 0 Å². The van der Waals surface area contributed by atoms with Gasteiger partial charge in [0.1, 0.15) is 11.4 Å². The Morgan fingerprint density at radius 2 is 2.10 bits per heavy atom. The summed E-state index contributed by atoms with van der Waals surface area (Å²) in [4.78, 5) is 0. The third kappa shape index (κ3) is 2.46. The van der Waals surface area contributed by atoms with Crippen molar-refractivity contribution in [2.24, 2.45) is 17.6 Å². The second kappa shape index (κ2) is 5.07. The predicted molar refractivity (Wildman–Crippen MR) is 82.9 cm³/mol. The molecule has 1 aromatic rings. The molecule has 0 radical (unpaired) electrons. The van der Waals surface area contributed by atoms with Gasteiger partial charge in [-0.1, -0.05) is 31.5 Å². The maximum absolute atomic E-state index is 6.49. The first-order chi connectivity index (χ1) is 9.49. The molecule has 0 aromatic heterocycles. The van der Waals surface area contributed by atoms with Gasteiger partial charge in [-0.25, -0.2) is 0 Å². The molecule has 0 saturated heterocycles. The van der Waals surface area contributed by atoms with E-state index in [1.165, 1.54) is 30.4 Å². The van der Waals surface area contributed by atoms with Crippen LogP contribution in [-0.4, -0.2) is 5.60 Å². The largest absolute Gasteiger partial charge is 0.487 e. The molecule has 1 aliphatic carbocycles. The van der Waals surface area contributed by atoms with Crippen LogP contribution >= 0.6 is 0 Å². The Morgan fingerprint density at radius 3 is 2.85 bits per heavy atom. The van der Waals surface area contributed by atoms with Crippen LogP contribution in [0.2, 0.25) is 0 Å². The second-order valence-electron chi connectivity index (χ2n) is 7.24. The lowest BCUT2D eigenvalue weighted by Gasteiger charge is -2.47. The third-order valence-corrected chi connectivity index (χ3v) is 5.27. The van der Waals surface area contributed by atoms with E-state index in [1.54, 1.807) is 0 Å². The molecular formula is C18H27NO. The zero-order valence-corrected chi connectivity index (χ0v) is 13.0. The molecule has 2 N–H and O–H groups in total. The van der Waals surface area contributed by atoms with E-state index in [1.807, 2.05) is 0 Å². The number of benzene rings is 1. The van der Waals surface area contributed by atoms with Gasteiger partial charge in [0.05, 0.1) is 0 Å². The van der Waals surface area contributed by atoms with Gasteiger partial charge < -0.3 is 10.5 Å². The van der Waals surface area contributed by atoms with E-state index in [-0.39, 0.29) is 11.6 Å². The number of hydrogen-bond donors (Lipinski definition) is 1. The van der Waals surface area contributed by atoms with Crippen molar-refractivity contribution in [1.29, 1.82) is 0 Å². The van der Waals surface area contributed by atoms with Crippen LogP contribution in [0.5, 0.6) is 5.75 Å². The average molecular weight is 273 g/mol. The summed E-state index contributed by atoms with van der Waals surface area (Å²) in [6.07, 6.45) is 5.94. The molecule has 3 atom stereocenters. The molecule has 110 valence electrons. The van der Waals surface area contributed by atoms with Crippen LogP contribution in [0.1, 0.15) is 63.1 Å². The maximum atomic E-state index is 6.49. The van der Waals surface area contributed by atoms with Gasteiger partial charge in [-0.3, -0.25) is 0 Å². The summed E-state index contributed by atoms with van der Waals surface area (Å²) in [5.41, 5.74) is 8.92. The summed E-state index contributed by atoms with van der Waals surface area (Å²) in [6.45, 7) is 6.79. The topological polar surface area (TPSA) is 35.2 Å². The lowest BCUT2D eigenvalue weighted by atomic mass is 9.70. The van der Waals surface area contributed by atoms with Crippen molar-refractivity contribution in [2.75, 3.05) is 0 Å². The van der Waals surface area contributed by atoms with E-state index < -0.39 is 0 Å². The van der Waals surface area contributed by atoms with E-state index in [9.17, 15) is 0 Å². The van der Waals surface area contributed by atoms with Crippen LogP contribution in [0, 0.1) is 18.8 Å². The highest BCUT2D eigenvalue weighted by Crippen LogP contribution is 2.48. The van der Waals surface area contributed by atoms with Crippen molar-refractivity contribution >= 4 is 0 Å². The third-order valence-electron chi connectivity index (χ3n) is 5.27. The van der Waals surface area contributed by atoms with E-state index in [0.29, 0.717) is 0 Å². The monoisotopic (exact) mass is 273 g/mol. The molecule has 1 aliphatic heterocycles. The second-order valence-corrected chi connectivity index (χ2v) is 7.24. The number of nitrogens with two attached hydrogens (primary N) is 1. The normalized spacial score (nSPS) is 33.0. The van der Waals surface area contributed by atoms with Crippen LogP contribution in [0.15, 0.2) is 18.2 Å². The molecule has 3 rings (SSSR count). The van der Waals surface area contributed by atoms with Gasteiger partial charge in [-0.05, 0) is 50.5 Å². The van der Waals surface area contributed by atoms with Gasteiger partial charge in [0.2, 0.25) is 0 Å². The molecule has 20 heavy (non-hydrogen) atoms. The Hall–Kier alpha value is -1.02. The van der Waals surface area contributed by atoms with Crippen molar-refractivity contribution in [3.05, 3.63) is 29.3 Å². The number of aryl methyl sites for hydroxylation is 1. The number of rotatable bonds is 1. The lowest BCUT2D eigenvalue weighted by Crippen LogP contribution is -2.47. The predicted octanol–water partition coefficient (Wildman–Crippen LogP) is 4.36. The summed E-state index contributed by atoms with van der Waals surface area (Å²) >= 11 is 0. The molecule has 2 unspecified atom stereocenters. The number of ether oxygens (including phenoxy) is 1. The van der Waals surface area contributed by atoms with Gasteiger partial charge in [0, 0.05) is 18.0 Å². The highest BCUT2D eigenvalue weighted by molar-refractivity contribution is 5.41. The van der Waals surface area contributed by atoms with Crippen LogP contribution in [0.25, 0.3) is 0 Å². The van der Waals surface area contributed by atoms with E-state index >= 15 is 0 Å². The van der Waals surface area contributed by atoms with E-state index in [2.05, 4.69) is 39.0 Å². The minimum absolute atomic E-state index is 0.00510. The Labute approximate surface area is 122 Å². The number of hydrogen-bond acceptors (Lipinski definition) is 2. The fourth-order valence-corrected chi connectivity index (χ4v) is 4.05. The fourth-order valence-electron chi connectivity index (χ4n) is 4.05. The molecule has 1 spiro atoms. The van der Waals surface area contributed by atoms with Crippen LogP contribution < -0.4 is 10.5 Å². The van der Waals surface area contributed by atoms with Crippen LogP contribution in [0.3, 0.4) is 0 Å². The highest BCUT2D eigenvalue weighted by atomic mass is 16.5. The molecule has 1 heterocycles. The van der Waals surface area contributed by atoms with Gasteiger partial charge in [-0.2, -0.15) is 0 Å². The molecule has 2 aliphatic rings. The number of fused-ring (bicyclic) bond motifs is 1. The Bertz CT molecular complexity index is 496. The summed E-state index contributed by atoms with van der Waals surface area (Å²) in [5.74, 6) is 2.55. The average Bonchev–Trinajstić information content (AvgIpc) is 2.40. The Kier molecular flexibility index (Phi) is 3.53. The van der Waals surface area contributed by atoms with Crippen molar-refractivity contribution in [1.82, 2.24) is 0 Å². The molecule has 1 saturated carbocycles. The van der Waals surface area contributed by atoms with Crippen LogP contribution in [0.4, 0.5) is 0 Å². The minimum Gasteiger partial charge on any atom is -0.487 e. The summed E-state index contributed by atoms with van der Waals surface area (Å²) in [5, 5.41) is 0. The zero-order chi connectivity index (χ0) is 14.3. The first kappa shape index (κ1) is 13.9. The summed E-state index contributed by atoms with van der Waals surface area (Å²) in [6, 6.07) is 6.57. The van der Waals surface area contributed by atoms with Gasteiger partial charge >= 0.3 is 0 Å². The van der Waals surface area contributed by atoms with Crippen molar-refractivity contribution < 1.29 is 4.74 Å². The van der Waals surface area contributed by atoms with E-state index in [0.717, 1.165) is 30.4 Å². The molecule has 0 bridgehead atoms. The Morgan fingerprint density at radius 1 is 1.30 bits per heavy atom. The molecule has 0 amide bonds. The molecular weight excluding hydrogens is 246 g/mol. The SMILES string of the molecule is Cc1ccc2c(c1)[C@H](N)CC1(CCCC(C(C)C)C1)O2. The summed E-state index contributed by atoms with van der Waals surface area (Å²) < 4.78 is 6.49. The van der Waals surface area contributed by atoms with Gasteiger partial charge in [0.15, 0.2) is 0 Å². The van der Waals surface area contributed by atoms with Crippen molar-refractivity contribution in [3.63, 3.8) is 0 Å². The Balaban J connectivity index is 1.88. The standard InChI is InChI=1S/C18H27NO/c1-12(2)14-5-4-8-18(10-14)11-16(19)15-9-13(3)6-7-17(15)20-18/h6-7,9,12,14,16H,4-5,8,10-11,19H2,1-3H3/t14?,16-,18?/m1/s1.